The molecule has 5 heteroatoms. The average molecular weight is 266 g/mol. The molecule has 0 bridgehead atoms. The molecule has 0 saturated carbocycles. The zero-order chi connectivity index (χ0) is 14.2. The smallest absolute Gasteiger partial charge is 0.194 e. The molecule has 2 aromatic carbocycles. The van der Waals surface area contributed by atoms with E-state index in [-0.39, 0.29) is 5.69 Å². The van der Waals surface area contributed by atoms with Crippen LogP contribution in [0.3, 0.4) is 0 Å². The third kappa shape index (κ3) is 2.50. The van der Waals surface area contributed by atoms with Crippen LogP contribution in [-0.2, 0) is 0 Å². The molecule has 0 amide bonds. The van der Waals surface area contributed by atoms with Gasteiger partial charge in [-0.3, -0.25) is 0 Å². The molecular weight excluding hydrogens is 253 g/mol. The van der Waals surface area contributed by atoms with Gasteiger partial charge >= 0.3 is 0 Å². The van der Waals surface area contributed by atoms with Crippen LogP contribution in [-0.4, -0.2) is 0 Å². The standard InChI is InChI=1S/C14H13F3N2/c1-7-3-4-12(14(18)8(7)2)19-9-5-10(15)13(17)11(16)6-9/h3-6,19H,18H2,1-2H3. The average Bonchev–Trinajstić information content (AvgIpc) is 2.36. The van der Waals surface area contributed by atoms with Gasteiger partial charge in [0.1, 0.15) is 0 Å². The second kappa shape index (κ2) is 4.84. The maximum atomic E-state index is 13.1. The van der Waals surface area contributed by atoms with E-state index in [1.54, 1.807) is 6.07 Å². The highest BCUT2D eigenvalue weighted by molar-refractivity contribution is 5.76. The van der Waals surface area contributed by atoms with Gasteiger partial charge in [-0.1, -0.05) is 6.07 Å². The van der Waals surface area contributed by atoms with E-state index in [1.165, 1.54) is 0 Å². The topological polar surface area (TPSA) is 38.0 Å². The van der Waals surface area contributed by atoms with E-state index in [2.05, 4.69) is 5.32 Å². The summed E-state index contributed by atoms with van der Waals surface area (Å²) in [4.78, 5) is 0. The van der Waals surface area contributed by atoms with Crippen LogP contribution in [0.5, 0.6) is 0 Å². The van der Waals surface area contributed by atoms with E-state index in [0.29, 0.717) is 11.4 Å². The van der Waals surface area contributed by atoms with E-state index >= 15 is 0 Å². The predicted octanol–water partition coefficient (Wildman–Crippen LogP) is 4.05. The van der Waals surface area contributed by atoms with E-state index in [9.17, 15) is 13.2 Å². The number of nitrogen functional groups attached to an aromatic ring is 1. The van der Waals surface area contributed by atoms with Crippen molar-refractivity contribution in [1.82, 2.24) is 0 Å². The first kappa shape index (κ1) is 13.3. The van der Waals surface area contributed by atoms with Gasteiger partial charge in [0.25, 0.3) is 0 Å². The fraction of sp³-hybridized carbons (Fsp3) is 0.143. The summed E-state index contributed by atoms with van der Waals surface area (Å²) < 4.78 is 39.0. The number of nitrogens with one attached hydrogen (secondary N) is 1. The fourth-order valence-electron chi connectivity index (χ4n) is 1.73. The molecule has 2 rings (SSSR count). The first-order chi connectivity index (χ1) is 8.90. The fourth-order valence-corrected chi connectivity index (χ4v) is 1.73. The summed E-state index contributed by atoms with van der Waals surface area (Å²) in [6.07, 6.45) is 0. The molecule has 0 radical (unpaired) electrons. The van der Waals surface area contributed by atoms with Crippen molar-refractivity contribution < 1.29 is 13.2 Å². The van der Waals surface area contributed by atoms with E-state index < -0.39 is 17.5 Å². The molecule has 0 aliphatic rings. The summed E-state index contributed by atoms with van der Waals surface area (Å²) in [5, 5.41) is 2.78. The van der Waals surface area contributed by atoms with Crippen LogP contribution in [0.25, 0.3) is 0 Å². The van der Waals surface area contributed by atoms with Crippen molar-refractivity contribution in [2.75, 3.05) is 11.1 Å². The summed E-state index contributed by atoms with van der Waals surface area (Å²) in [5.74, 6) is -3.98. The van der Waals surface area contributed by atoms with Crippen LogP contribution in [0.1, 0.15) is 11.1 Å². The molecule has 19 heavy (non-hydrogen) atoms. The van der Waals surface area contributed by atoms with Crippen LogP contribution < -0.4 is 11.1 Å². The second-order valence-electron chi connectivity index (χ2n) is 4.35. The normalized spacial score (nSPS) is 10.6. The Hall–Kier alpha value is -2.17. The molecule has 3 N–H and O–H groups in total. The third-order valence-corrected chi connectivity index (χ3v) is 3.05. The SMILES string of the molecule is Cc1ccc(Nc2cc(F)c(F)c(F)c2)c(N)c1C. The van der Waals surface area contributed by atoms with Crippen molar-refractivity contribution in [2.45, 2.75) is 13.8 Å². The number of aryl methyl sites for hydroxylation is 1. The van der Waals surface area contributed by atoms with Gasteiger partial charge in [-0.15, -0.1) is 0 Å². The Bertz CT molecular complexity index is 616. The third-order valence-electron chi connectivity index (χ3n) is 3.05. The lowest BCUT2D eigenvalue weighted by Crippen LogP contribution is -2.01. The number of rotatable bonds is 2. The summed E-state index contributed by atoms with van der Waals surface area (Å²) in [5.41, 5.74) is 8.92. The zero-order valence-corrected chi connectivity index (χ0v) is 10.5. The van der Waals surface area contributed by atoms with E-state index in [0.717, 1.165) is 23.3 Å². The van der Waals surface area contributed by atoms with Gasteiger partial charge in [-0.05, 0) is 31.0 Å². The molecule has 0 aliphatic heterocycles. The van der Waals surface area contributed by atoms with Crippen LogP contribution in [0.15, 0.2) is 24.3 Å². The van der Waals surface area contributed by atoms with Crippen molar-refractivity contribution in [1.29, 1.82) is 0 Å². The number of hydrogen-bond donors (Lipinski definition) is 2. The quantitative estimate of drug-likeness (QED) is 0.635. The van der Waals surface area contributed by atoms with Gasteiger partial charge in [0.2, 0.25) is 0 Å². The highest BCUT2D eigenvalue weighted by Gasteiger charge is 2.12. The Labute approximate surface area is 109 Å². The molecule has 0 spiro atoms. The largest absolute Gasteiger partial charge is 0.397 e. The van der Waals surface area contributed by atoms with Gasteiger partial charge in [-0.25, -0.2) is 13.2 Å². The summed E-state index contributed by atoms with van der Waals surface area (Å²) in [7, 11) is 0. The number of nitrogens with two attached hydrogens (primary N) is 1. The van der Waals surface area contributed by atoms with Crippen LogP contribution in [0, 0.1) is 31.3 Å². The molecule has 0 fully saturated rings. The molecule has 2 nitrogen and oxygen atoms in total. The van der Waals surface area contributed by atoms with Crippen LogP contribution in [0.2, 0.25) is 0 Å². The van der Waals surface area contributed by atoms with Crippen molar-refractivity contribution >= 4 is 17.1 Å². The van der Waals surface area contributed by atoms with E-state index in [4.69, 9.17) is 5.73 Å². The predicted molar refractivity (Wildman–Crippen MR) is 69.9 cm³/mol. The van der Waals surface area contributed by atoms with Gasteiger partial charge in [-0.2, -0.15) is 0 Å². The number of anilines is 3. The Morgan fingerprint density at radius 2 is 1.58 bits per heavy atom. The molecule has 0 unspecified atom stereocenters. The Kier molecular flexibility index (Phi) is 3.38. The second-order valence-corrected chi connectivity index (χ2v) is 4.35. The van der Waals surface area contributed by atoms with E-state index in [1.807, 2.05) is 19.9 Å². The zero-order valence-electron chi connectivity index (χ0n) is 10.5. The summed E-state index contributed by atoms with van der Waals surface area (Å²) in [6.45, 7) is 3.76. The maximum absolute atomic E-state index is 13.1. The Balaban J connectivity index is 2.39. The summed E-state index contributed by atoms with van der Waals surface area (Å²) >= 11 is 0. The highest BCUT2D eigenvalue weighted by atomic mass is 19.2. The molecule has 0 atom stereocenters. The molecule has 100 valence electrons. The minimum atomic E-state index is -1.49. The lowest BCUT2D eigenvalue weighted by Gasteiger charge is -2.13. The monoisotopic (exact) mass is 266 g/mol. The van der Waals surface area contributed by atoms with Crippen molar-refractivity contribution in [2.24, 2.45) is 0 Å². The lowest BCUT2D eigenvalue weighted by molar-refractivity contribution is 0.448. The van der Waals surface area contributed by atoms with Gasteiger partial charge in [0.05, 0.1) is 11.4 Å². The maximum Gasteiger partial charge on any atom is 0.194 e. The minimum Gasteiger partial charge on any atom is -0.397 e. The molecule has 0 heterocycles. The number of halogens is 3. The van der Waals surface area contributed by atoms with Gasteiger partial charge < -0.3 is 11.1 Å². The van der Waals surface area contributed by atoms with Crippen molar-refractivity contribution in [3.63, 3.8) is 0 Å². The molecule has 0 aromatic heterocycles. The summed E-state index contributed by atoms with van der Waals surface area (Å²) in [6, 6.07) is 5.31. The van der Waals surface area contributed by atoms with Crippen molar-refractivity contribution in [3.8, 4) is 0 Å². The van der Waals surface area contributed by atoms with Crippen LogP contribution >= 0.6 is 0 Å². The minimum absolute atomic E-state index is 0.103. The number of hydrogen-bond acceptors (Lipinski definition) is 2. The molecule has 0 saturated heterocycles. The lowest BCUT2D eigenvalue weighted by atomic mass is 10.1. The van der Waals surface area contributed by atoms with Crippen LogP contribution in [0.4, 0.5) is 30.2 Å². The van der Waals surface area contributed by atoms with Gasteiger partial charge in [0.15, 0.2) is 17.5 Å². The molecule has 2 aromatic rings. The first-order valence-electron chi connectivity index (χ1n) is 5.67. The Morgan fingerprint density at radius 3 is 2.16 bits per heavy atom. The number of benzene rings is 2. The van der Waals surface area contributed by atoms with Gasteiger partial charge in [0, 0.05) is 17.8 Å². The molecule has 0 aliphatic carbocycles. The van der Waals surface area contributed by atoms with Crippen molar-refractivity contribution in [3.05, 3.63) is 52.8 Å². The Morgan fingerprint density at radius 1 is 1.00 bits per heavy atom. The highest BCUT2D eigenvalue weighted by Crippen LogP contribution is 2.29. The molecular formula is C14H13F3N2. The first-order valence-corrected chi connectivity index (χ1v) is 5.67.